The summed E-state index contributed by atoms with van der Waals surface area (Å²) in [6.07, 6.45) is 0. The zero-order valence-corrected chi connectivity index (χ0v) is 15.5. The van der Waals surface area contributed by atoms with Crippen molar-refractivity contribution in [3.8, 4) is 5.75 Å². The third-order valence-electron chi connectivity index (χ3n) is 3.56. The highest BCUT2D eigenvalue weighted by atomic mass is 35.5. The predicted octanol–water partition coefficient (Wildman–Crippen LogP) is 2.66. The van der Waals surface area contributed by atoms with Crippen molar-refractivity contribution in [2.45, 2.75) is 18.4 Å². The number of halogens is 1. The van der Waals surface area contributed by atoms with Crippen molar-refractivity contribution >= 4 is 27.5 Å². The van der Waals surface area contributed by atoms with Crippen LogP contribution in [0, 0.1) is 0 Å². The maximum absolute atomic E-state index is 12.7. The van der Waals surface area contributed by atoms with Crippen molar-refractivity contribution in [1.82, 2.24) is 4.31 Å². The van der Waals surface area contributed by atoms with E-state index >= 15 is 0 Å². The second-order valence-corrected chi connectivity index (χ2v) is 7.82. The summed E-state index contributed by atoms with van der Waals surface area (Å²) < 4.78 is 32.1. The standard InChI is InChI=1S/C17H19ClN2O4S/c1-3-24-16-9-4-12(17(19)21)10-13(16)11-20(2)25(22,23)15-7-5-14(18)6-8-15/h4-10H,3,11H2,1-2H3,(H2,19,21). The van der Waals surface area contributed by atoms with Crippen LogP contribution in [0.2, 0.25) is 5.02 Å². The molecule has 0 unspecified atom stereocenters. The lowest BCUT2D eigenvalue weighted by Gasteiger charge is -2.19. The van der Waals surface area contributed by atoms with Crippen molar-refractivity contribution < 1.29 is 17.9 Å². The lowest BCUT2D eigenvalue weighted by Crippen LogP contribution is -2.27. The van der Waals surface area contributed by atoms with Gasteiger partial charge in [0.1, 0.15) is 5.75 Å². The van der Waals surface area contributed by atoms with Gasteiger partial charge in [0, 0.05) is 29.7 Å². The molecule has 2 aromatic carbocycles. The number of carbonyl (C=O) groups is 1. The minimum Gasteiger partial charge on any atom is -0.494 e. The van der Waals surface area contributed by atoms with Gasteiger partial charge in [0.2, 0.25) is 15.9 Å². The molecule has 2 N–H and O–H groups in total. The Morgan fingerprint density at radius 1 is 1.20 bits per heavy atom. The third-order valence-corrected chi connectivity index (χ3v) is 5.63. The molecule has 0 aliphatic rings. The second-order valence-electron chi connectivity index (χ2n) is 5.33. The molecule has 0 bridgehead atoms. The molecule has 2 aromatic rings. The highest BCUT2D eigenvalue weighted by Crippen LogP contribution is 2.25. The molecule has 0 aliphatic heterocycles. The van der Waals surface area contributed by atoms with E-state index in [1.54, 1.807) is 18.2 Å². The van der Waals surface area contributed by atoms with E-state index < -0.39 is 15.9 Å². The van der Waals surface area contributed by atoms with E-state index in [0.29, 0.717) is 22.9 Å². The van der Waals surface area contributed by atoms with E-state index in [2.05, 4.69) is 0 Å². The van der Waals surface area contributed by atoms with E-state index in [0.717, 1.165) is 0 Å². The molecule has 25 heavy (non-hydrogen) atoms. The smallest absolute Gasteiger partial charge is 0.248 e. The first-order valence-corrected chi connectivity index (χ1v) is 9.35. The number of nitrogens with zero attached hydrogens (tertiary/aromatic N) is 1. The predicted molar refractivity (Wildman–Crippen MR) is 96.2 cm³/mol. The van der Waals surface area contributed by atoms with Crippen LogP contribution >= 0.6 is 11.6 Å². The molecule has 0 heterocycles. The average molecular weight is 383 g/mol. The fraction of sp³-hybridized carbons (Fsp3) is 0.235. The monoisotopic (exact) mass is 382 g/mol. The molecule has 8 heteroatoms. The fourth-order valence-electron chi connectivity index (χ4n) is 2.26. The molecule has 0 aliphatic carbocycles. The maximum Gasteiger partial charge on any atom is 0.248 e. The van der Waals surface area contributed by atoms with Gasteiger partial charge < -0.3 is 10.5 Å². The minimum absolute atomic E-state index is 0.0292. The lowest BCUT2D eigenvalue weighted by atomic mass is 10.1. The lowest BCUT2D eigenvalue weighted by molar-refractivity contribution is 0.1000. The number of rotatable bonds is 7. The summed E-state index contributed by atoms with van der Waals surface area (Å²) in [7, 11) is -2.26. The SMILES string of the molecule is CCOc1ccc(C(N)=O)cc1CN(C)S(=O)(=O)c1ccc(Cl)cc1. The van der Waals surface area contributed by atoms with E-state index in [1.807, 2.05) is 6.92 Å². The van der Waals surface area contributed by atoms with Gasteiger partial charge in [-0.25, -0.2) is 8.42 Å². The van der Waals surface area contributed by atoms with Crippen LogP contribution in [0.5, 0.6) is 5.75 Å². The van der Waals surface area contributed by atoms with Crippen molar-refractivity contribution in [2.75, 3.05) is 13.7 Å². The van der Waals surface area contributed by atoms with Gasteiger partial charge in [-0.3, -0.25) is 4.79 Å². The Morgan fingerprint density at radius 2 is 1.84 bits per heavy atom. The summed E-state index contributed by atoms with van der Waals surface area (Å²) in [4.78, 5) is 11.5. The molecule has 1 amide bonds. The Balaban J connectivity index is 2.35. The number of amides is 1. The second kappa shape index (κ2) is 7.86. The molecule has 2 rings (SSSR count). The van der Waals surface area contributed by atoms with E-state index in [4.69, 9.17) is 22.1 Å². The fourth-order valence-corrected chi connectivity index (χ4v) is 3.54. The van der Waals surface area contributed by atoms with Crippen LogP contribution in [0.25, 0.3) is 0 Å². The highest BCUT2D eigenvalue weighted by molar-refractivity contribution is 7.89. The van der Waals surface area contributed by atoms with Crippen LogP contribution in [0.15, 0.2) is 47.4 Å². The van der Waals surface area contributed by atoms with Crippen molar-refractivity contribution in [1.29, 1.82) is 0 Å². The van der Waals surface area contributed by atoms with Gasteiger partial charge >= 0.3 is 0 Å². The third kappa shape index (κ3) is 4.50. The highest BCUT2D eigenvalue weighted by Gasteiger charge is 2.22. The van der Waals surface area contributed by atoms with Gasteiger partial charge in [-0.05, 0) is 49.4 Å². The van der Waals surface area contributed by atoms with Gasteiger partial charge in [0.15, 0.2) is 0 Å². The molecule has 0 radical (unpaired) electrons. The molecule has 0 spiro atoms. The number of primary amides is 1. The zero-order valence-electron chi connectivity index (χ0n) is 13.9. The number of hydrogen-bond donors (Lipinski definition) is 1. The number of ether oxygens (including phenoxy) is 1. The molecule has 0 fully saturated rings. The zero-order chi connectivity index (χ0) is 18.6. The summed E-state index contributed by atoms with van der Waals surface area (Å²) >= 11 is 5.80. The Hall–Kier alpha value is -2.09. The normalized spacial score (nSPS) is 11.5. The number of sulfonamides is 1. The number of benzene rings is 2. The summed E-state index contributed by atoms with van der Waals surface area (Å²) in [5.74, 6) is -0.0850. The van der Waals surface area contributed by atoms with Crippen LogP contribution in [0.3, 0.4) is 0 Å². The first-order chi connectivity index (χ1) is 11.8. The number of carbonyl (C=O) groups excluding carboxylic acids is 1. The molecule has 0 saturated heterocycles. The van der Waals surface area contributed by atoms with Gasteiger partial charge in [-0.2, -0.15) is 4.31 Å². The van der Waals surface area contributed by atoms with E-state index in [9.17, 15) is 13.2 Å². The summed E-state index contributed by atoms with van der Waals surface area (Å²) in [6, 6.07) is 10.6. The van der Waals surface area contributed by atoms with Gasteiger partial charge in [0.05, 0.1) is 11.5 Å². The van der Waals surface area contributed by atoms with Crippen LogP contribution in [0.1, 0.15) is 22.8 Å². The minimum atomic E-state index is -3.72. The molecular formula is C17H19ClN2O4S. The first-order valence-electron chi connectivity index (χ1n) is 7.53. The number of nitrogens with two attached hydrogens (primary N) is 1. The number of hydrogen-bond acceptors (Lipinski definition) is 4. The molecule has 6 nitrogen and oxygen atoms in total. The van der Waals surface area contributed by atoms with Crippen LogP contribution < -0.4 is 10.5 Å². The van der Waals surface area contributed by atoms with E-state index in [-0.39, 0.29) is 17.0 Å². The van der Waals surface area contributed by atoms with Crippen LogP contribution in [-0.2, 0) is 16.6 Å². The summed E-state index contributed by atoms with van der Waals surface area (Å²) in [5, 5.41) is 0.453. The van der Waals surface area contributed by atoms with Gasteiger partial charge in [-0.1, -0.05) is 11.6 Å². The van der Waals surface area contributed by atoms with Crippen LogP contribution in [0.4, 0.5) is 0 Å². The summed E-state index contributed by atoms with van der Waals surface area (Å²) in [6.45, 7) is 2.26. The quantitative estimate of drug-likeness (QED) is 0.797. The first kappa shape index (κ1) is 19.2. The van der Waals surface area contributed by atoms with Gasteiger partial charge in [-0.15, -0.1) is 0 Å². The molecule has 0 aromatic heterocycles. The molecule has 134 valence electrons. The van der Waals surface area contributed by atoms with Crippen LogP contribution in [-0.4, -0.2) is 32.3 Å². The molecular weight excluding hydrogens is 364 g/mol. The van der Waals surface area contributed by atoms with Crippen molar-refractivity contribution in [2.24, 2.45) is 5.73 Å². The Kier molecular flexibility index (Phi) is 6.05. The average Bonchev–Trinajstić information content (AvgIpc) is 2.56. The maximum atomic E-state index is 12.7. The van der Waals surface area contributed by atoms with Gasteiger partial charge in [0.25, 0.3) is 0 Å². The molecule has 0 atom stereocenters. The Bertz CT molecular complexity index is 867. The Labute approximate surface area is 152 Å². The van der Waals surface area contributed by atoms with Crippen molar-refractivity contribution in [3.05, 3.63) is 58.6 Å². The van der Waals surface area contributed by atoms with E-state index in [1.165, 1.54) is 35.6 Å². The largest absolute Gasteiger partial charge is 0.494 e. The van der Waals surface area contributed by atoms with Crippen molar-refractivity contribution in [3.63, 3.8) is 0 Å². The molecule has 0 saturated carbocycles. The summed E-state index contributed by atoms with van der Waals surface area (Å²) in [5.41, 5.74) is 6.15. The topological polar surface area (TPSA) is 89.7 Å². The Morgan fingerprint density at radius 3 is 2.40 bits per heavy atom.